The fraction of sp³-hybridized carbons (Fsp3) is 0.381. The van der Waals surface area contributed by atoms with Crippen molar-refractivity contribution in [1.82, 2.24) is 19.3 Å². The number of nitrogens with zero attached hydrogens (tertiary/aromatic N) is 4. The SMILES string of the molecule is CC(C)Cn1c(N)c(C(=O)CSc2nnc([C@H](C)Oc3ccc(F)cc3)o2)c(=O)n(C)c1=O. The Balaban J connectivity index is 1.72. The first-order chi connectivity index (χ1) is 15.6. The van der Waals surface area contributed by atoms with Gasteiger partial charge < -0.3 is 14.9 Å². The summed E-state index contributed by atoms with van der Waals surface area (Å²) in [6, 6.07) is 5.48. The van der Waals surface area contributed by atoms with Gasteiger partial charge in [0, 0.05) is 13.6 Å². The fourth-order valence-corrected chi connectivity index (χ4v) is 3.64. The van der Waals surface area contributed by atoms with Crippen LogP contribution < -0.4 is 21.7 Å². The largest absolute Gasteiger partial charge is 0.481 e. The molecule has 1 atom stereocenters. The maximum absolute atomic E-state index is 13.0. The number of rotatable bonds is 9. The number of carbonyl (C=O) groups excluding carboxylic acids is 1. The number of Topliss-reactive ketones (excluding diaryl/α,β-unsaturated/α-hetero) is 1. The predicted octanol–water partition coefficient (Wildman–Crippen LogP) is 2.42. The number of hydrogen-bond donors (Lipinski definition) is 1. The third-order valence-electron chi connectivity index (χ3n) is 4.63. The summed E-state index contributed by atoms with van der Waals surface area (Å²) in [7, 11) is 1.30. The number of hydrogen-bond acceptors (Lipinski definition) is 9. The highest BCUT2D eigenvalue weighted by Gasteiger charge is 2.23. The van der Waals surface area contributed by atoms with Gasteiger partial charge in [-0.2, -0.15) is 0 Å². The minimum absolute atomic E-state index is 0.0794. The van der Waals surface area contributed by atoms with E-state index in [1.807, 2.05) is 13.8 Å². The van der Waals surface area contributed by atoms with Crippen molar-refractivity contribution in [3.63, 3.8) is 0 Å². The van der Waals surface area contributed by atoms with Crippen LogP contribution in [0.5, 0.6) is 5.75 Å². The van der Waals surface area contributed by atoms with E-state index < -0.39 is 23.1 Å². The highest BCUT2D eigenvalue weighted by Crippen LogP contribution is 2.24. The van der Waals surface area contributed by atoms with E-state index in [2.05, 4.69) is 10.2 Å². The van der Waals surface area contributed by atoms with Crippen molar-refractivity contribution in [2.75, 3.05) is 11.5 Å². The fourth-order valence-electron chi connectivity index (χ4n) is 3.00. The predicted molar refractivity (Wildman–Crippen MR) is 120 cm³/mol. The lowest BCUT2D eigenvalue weighted by molar-refractivity contribution is 0.102. The zero-order chi connectivity index (χ0) is 24.3. The third-order valence-corrected chi connectivity index (χ3v) is 5.45. The van der Waals surface area contributed by atoms with E-state index >= 15 is 0 Å². The second-order valence-electron chi connectivity index (χ2n) is 7.74. The first-order valence-corrected chi connectivity index (χ1v) is 11.1. The van der Waals surface area contributed by atoms with Crippen LogP contribution in [0.1, 0.15) is 43.1 Å². The van der Waals surface area contributed by atoms with Crippen molar-refractivity contribution < 1.29 is 18.3 Å². The van der Waals surface area contributed by atoms with Crippen LogP contribution in [0.3, 0.4) is 0 Å². The van der Waals surface area contributed by atoms with Crippen LogP contribution >= 0.6 is 11.8 Å². The summed E-state index contributed by atoms with van der Waals surface area (Å²) >= 11 is 0.931. The molecule has 0 radical (unpaired) electrons. The van der Waals surface area contributed by atoms with Crippen molar-refractivity contribution in [1.29, 1.82) is 0 Å². The molecule has 0 aliphatic rings. The highest BCUT2D eigenvalue weighted by molar-refractivity contribution is 7.99. The molecule has 33 heavy (non-hydrogen) atoms. The van der Waals surface area contributed by atoms with Gasteiger partial charge in [-0.05, 0) is 37.1 Å². The minimum Gasteiger partial charge on any atom is -0.481 e. The molecule has 0 saturated carbocycles. The maximum Gasteiger partial charge on any atom is 0.332 e. The van der Waals surface area contributed by atoms with E-state index in [-0.39, 0.29) is 46.5 Å². The number of carbonyl (C=O) groups is 1. The van der Waals surface area contributed by atoms with Crippen LogP contribution in [0.15, 0.2) is 43.5 Å². The topological polar surface area (TPSA) is 135 Å². The standard InChI is InChI=1S/C21H24FN5O5S/c1-11(2)9-27-17(23)16(19(29)26(4)21(27)30)15(28)10-33-20-25-24-18(32-20)12(3)31-14-7-5-13(22)6-8-14/h5-8,11-12H,9-10,23H2,1-4H3/t12-/m0/s1. The first kappa shape index (κ1) is 24.2. The van der Waals surface area contributed by atoms with E-state index in [0.29, 0.717) is 5.75 Å². The van der Waals surface area contributed by atoms with Gasteiger partial charge in [-0.15, -0.1) is 10.2 Å². The van der Waals surface area contributed by atoms with Crippen molar-refractivity contribution in [2.45, 2.75) is 38.6 Å². The van der Waals surface area contributed by atoms with Crippen molar-refractivity contribution in [3.05, 3.63) is 62.4 Å². The number of anilines is 1. The summed E-state index contributed by atoms with van der Waals surface area (Å²) in [6.07, 6.45) is -0.615. The molecule has 0 amide bonds. The van der Waals surface area contributed by atoms with E-state index in [0.717, 1.165) is 16.3 Å². The highest BCUT2D eigenvalue weighted by atomic mass is 32.2. The summed E-state index contributed by atoms with van der Waals surface area (Å²) in [5, 5.41) is 7.88. The van der Waals surface area contributed by atoms with Gasteiger partial charge in [0.15, 0.2) is 11.9 Å². The Bertz CT molecular complexity index is 1270. The summed E-state index contributed by atoms with van der Waals surface area (Å²) in [4.78, 5) is 37.7. The van der Waals surface area contributed by atoms with Crippen LogP contribution in [-0.2, 0) is 13.6 Å². The molecule has 10 nitrogen and oxygen atoms in total. The summed E-state index contributed by atoms with van der Waals surface area (Å²) in [5.41, 5.74) is 4.44. The zero-order valence-corrected chi connectivity index (χ0v) is 19.4. The molecule has 2 heterocycles. The molecule has 0 aliphatic carbocycles. The number of halogens is 1. The lowest BCUT2D eigenvalue weighted by atomic mass is 10.2. The summed E-state index contributed by atoms with van der Waals surface area (Å²) < 4.78 is 26.3. The molecule has 2 aromatic heterocycles. The molecule has 0 spiro atoms. The van der Waals surface area contributed by atoms with Crippen LogP contribution in [0.2, 0.25) is 0 Å². The number of ether oxygens (including phenoxy) is 1. The lowest BCUT2D eigenvalue weighted by Crippen LogP contribution is -2.43. The number of thioether (sulfide) groups is 1. The van der Waals surface area contributed by atoms with Crippen LogP contribution in [0, 0.1) is 11.7 Å². The zero-order valence-electron chi connectivity index (χ0n) is 18.6. The number of aromatic nitrogens is 4. The van der Waals surface area contributed by atoms with Crippen LogP contribution in [0.25, 0.3) is 0 Å². The lowest BCUT2D eigenvalue weighted by Gasteiger charge is -2.15. The van der Waals surface area contributed by atoms with Gasteiger partial charge in [-0.3, -0.25) is 18.7 Å². The van der Waals surface area contributed by atoms with Crippen LogP contribution in [0.4, 0.5) is 10.2 Å². The quantitative estimate of drug-likeness (QED) is 0.364. The molecule has 1 aromatic carbocycles. The molecule has 0 saturated heterocycles. The van der Waals surface area contributed by atoms with Gasteiger partial charge in [0.25, 0.3) is 16.7 Å². The van der Waals surface area contributed by atoms with E-state index in [4.69, 9.17) is 14.9 Å². The van der Waals surface area contributed by atoms with Gasteiger partial charge >= 0.3 is 5.69 Å². The molecule has 0 aliphatic heterocycles. The molecule has 0 unspecified atom stereocenters. The number of nitrogens with two attached hydrogens (primary N) is 1. The Morgan fingerprint density at radius 1 is 1.21 bits per heavy atom. The first-order valence-electron chi connectivity index (χ1n) is 10.1. The monoisotopic (exact) mass is 477 g/mol. The molecule has 12 heteroatoms. The maximum atomic E-state index is 13.0. The number of benzene rings is 1. The van der Waals surface area contributed by atoms with Gasteiger partial charge in [0.1, 0.15) is 22.9 Å². The van der Waals surface area contributed by atoms with Gasteiger partial charge in [-0.25, -0.2) is 9.18 Å². The number of ketones is 1. The van der Waals surface area contributed by atoms with Crippen LogP contribution in [-0.4, -0.2) is 30.9 Å². The van der Waals surface area contributed by atoms with E-state index in [9.17, 15) is 18.8 Å². The van der Waals surface area contributed by atoms with Crippen molar-refractivity contribution >= 4 is 23.4 Å². The smallest absolute Gasteiger partial charge is 0.332 e. The van der Waals surface area contributed by atoms with Gasteiger partial charge in [0.05, 0.1) is 5.75 Å². The average Bonchev–Trinajstić information content (AvgIpc) is 3.25. The van der Waals surface area contributed by atoms with E-state index in [1.165, 1.54) is 35.9 Å². The molecule has 3 aromatic rings. The average molecular weight is 478 g/mol. The van der Waals surface area contributed by atoms with Gasteiger partial charge in [0.2, 0.25) is 0 Å². The normalized spacial score (nSPS) is 12.2. The third kappa shape index (κ3) is 5.51. The Hall–Kier alpha value is -3.41. The Morgan fingerprint density at radius 2 is 1.88 bits per heavy atom. The molecule has 3 rings (SSSR count). The Morgan fingerprint density at radius 3 is 2.52 bits per heavy atom. The molecule has 0 bridgehead atoms. The second-order valence-corrected chi connectivity index (χ2v) is 8.67. The second kappa shape index (κ2) is 10.0. The minimum atomic E-state index is -0.754. The Labute approximate surface area is 192 Å². The van der Waals surface area contributed by atoms with Gasteiger partial charge in [-0.1, -0.05) is 25.6 Å². The number of nitrogen functional groups attached to an aromatic ring is 1. The van der Waals surface area contributed by atoms with Crippen molar-refractivity contribution in [2.24, 2.45) is 13.0 Å². The molecule has 0 fully saturated rings. The Kier molecular flexibility index (Phi) is 7.36. The molecule has 176 valence electrons. The molecular formula is C21H24FN5O5S. The molecule has 2 N–H and O–H groups in total. The summed E-state index contributed by atoms with van der Waals surface area (Å²) in [6.45, 7) is 5.73. The molecular weight excluding hydrogens is 453 g/mol. The van der Waals surface area contributed by atoms with Crippen molar-refractivity contribution in [3.8, 4) is 5.75 Å². The van der Waals surface area contributed by atoms with E-state index in [1.54, 1.807) is 6.92 Å². The summed E-state index contributed by atoms with van der Waals surface area (Å²) in [5.74, 6) is -0.638.